The lowest BCUT2D eigenvalue weighted by molar-refractivity contribution is -0.0109. The third kappa shape index (κ3) is 1.69. The number of H-pyrrole nitrogens is 1. The molecule has 0 saturated heterocycles. The summed E-state index contributed by atoms with van der Waals surface area (Å²) < 4.78 is 2.47. The molecule has 2 aromatic rings. The van der Waals surface area contributed by atoms with Crippen molar-refractivity contribution < 1.29 is 0 Å². The summed E-state index contributed by atoms with van der Waals surface area (Å²) >= 11 is 4.05. The SMILES string of the molecule is O=c1[nH]c2cnc3c(c2n1C1[C@@H]2CC4C[C@H]1CC(Br)(C4)C2)C=CC3. The number of aromatic nitrogens is 3. The standard InChI is InChI=1S/C19H20BrN3O/c20-19-6-10-4-11(7-19)16(12(5-10)8-19)23-17-13-2-1-3-14(13)21-9-15(17)22-18(23)24/h1-2,9-12,16H,3-8H2,(H,22,24)/t10?,11-,12+,16?,19?. The Balaban J connectivity index is 1.58. The van der Waals surface area contributed by atoms with E-state index in [9.17, 15) is 4.79 Å². The molecule has 5 aliphatic rings. The summed E-state index contributed by atoms with van der Waals surface area (Å²) in [5, 5.41) is 0. The Kier molecular flexibility index (Phi) is 2.56. The van der Waals surface area contributed by atoms with Crippen molar-refractivity contribution in [3.05, 3.63) is 34.0 Å². The van der Waals surface area contributed by atoms with Crippen molar-refractivity contribution in [2.75, 3.05) is 0 Å². The molecule has 2 heterocycles. The maximum atomic E-state index is 12.9. The minimum Gasteiger partial charge on any atom is -0.304 e. The van der Waals surface area contributed by atoms with Crippen LogP contribution >= 0.6 is 15.9 Å². The van der Waals surface area contributed by atoms with Crippen LogP contribution in [-0.4, -0.2) is 18.9 Å². The van der Waals surface area contributed by atoms with E-state index in [0.717, 1.165) is 34.6 Å². The fourth-order valence-electron chi connectivity index (χ4n) is 6.41. The molecule has 5 aliphatic carbocycles. The maximum absolute atomic E-state index is 12.9. The summed E-state index contributed by atoms with van der Waals surface area (Å²) in [6.45, 7) is 0. The van der Waals surface area contributed by atoms with Crippen LogP contribution in [0.3, 0.4) is 0 Å². The van der Waals surface area contributed by atoms with E-state index < -0.39 is 0 Å². The Morgan fingerprint density at radius 2 is 2.04 bits per heavy atom. The first-order valence-corrected chi connectivity index (χ1v) is 9.88. The molecule has 5 heteroatoms. The number of halogens is 1. The Hall–Kier alpha value is -1.36. The maximum Gasteiger partial charge on any atom is 0.326 e. The predicted octanol–water partition coefficient (Wildman–Crippen LogP) is 3.81. The highest BCUT2D eigenvalue weighted by atomic mass is 79.9. The number of nitrogens with one attached hydrogen (secondary N) is 1. The third-order valence-corrected chi connectivity index (χ3v) is 7.89. The second-order valence-corrected chi connectivity index (χ2v) is 10.1. The molecule has 4 bridgehead atoms. The van der Waals surface area contributed by atoms with Crippen molar-refractivity contribution in [2.24, 2.45) is 17.8 Å². The van der Waals surface area contributed by atoms with Crippen molar-refractivity contribution in [1.82, 2.24) is 14.5 Å². The molecule has 0 radical (unpaired) electrons. The fourth-order valence-corrected chi connectivity index (χ4v) is 7.70. The summed E-state index contributed by atoms with van der Waals surface area (Å²) in [4.78, 5) is 20.5. The number of aromatic amines is 1. The molecule has 4 nitrogen and oxygen atoms in total. The Bertz CT molecular complexity index is 939. The summed E-state index contributed by atoms with van der Waals surface area (Å²) in [6, 6.07) is 0.356. The van der Waals surface area contributed by atoms with E-state index in [-0.39, 0.29) is 5.69 Å². The number of pyridine rings is 1. The smallest absolute Gasteiger partial charge is 0.304 e. The van der Waals surface area contributed by atoms with Gasteiger partial charge in [-0.05, 0) is 49.9 Å². The molecule has 0 aromatic carbocycles. The van der Waals surface area contributed by atoms with Crippen molar-refractivity contribution in [3.8, 4) is 0 Å². The van der Waals surface area contributed by atoms with Crippen LogP contribution in [0.1, 0.15) is 49.4 Å². The van der Waals surface area contributed by atoms with Crippen LogP contribution in [0.5, 0.6) is 0 Å². The highest BCUT2D eigenvalue weighted by Crippen LogP contribution is 2.62. The molecular weight excluding hydrogens is 366 g/mol. The number of hydrogen-bond donors (Lipinski definition) is 1. The average Bonchev–Trinajstić information content (AvgIpc) is 3.09. The molecule has 0 aliphatic heterocycles. The van der Waals surface area contributed by atoms with E-state index in [1.165, 1.54) is 32.1 Å². The molecule has 1 N–H and O–H groups in total. The fraction of sp³-hybridized carbons (Fsp3) is 0.579. The molecule has 24 heavy (non-hydrogen) atoms. The lowest BCUT2D eigenvalue weighted by Gasteiger charge is -2.58. The molecule has 0 amide bonds. The summed E-state index contributed by atoms with van der Waals surface area (Å²) in [6.07, 6.45) is 13.4. The Morgan fingerprint density at radius 1 is 1.25 bits per heavy atom. The second-order valence-electron chi connectivity index (χ2n) is 8.40. The van der Waals surface area contributed by atoms with E-state index in [1.807, 2.05) is 6.20 Å². The van der Waals surface area contributed by atoms with Gasteiger partial charge in [0.25, 0.3) is 0 Å². The topological polar surface area (TPSA) is 50.7 Å². The van der Waals surface area contributed by atoms with Gasteiger partial charge in [-0.1, -0.05) is 28.1 Å². The van der Waals surface area contributed by atoms with Crippen LogP contribution in [0.25, 0.3) is 17.1 Å². The van der Waals surface area contributed by atoms with Crippen LogP contribution in [0.15, 0.2) is 17.1 Å². The number of rotatable bonds is 1. The van der Waals surface area contributed by atoms with Crippen molar-refractivity contribution in [2.45, 2.75) is 48.9 Å². The molecular formula is C19H20BrN3O. The van der Waals surface area contributed by atoms with E-state index in [0.29, 0.717) is 22.2 Å². The van der Waals surface area contributed by atoms with Gasteiger partial charge in [0, 0.05) is 22.4 Å². The molecule has 4 saturated carbocycles. The highest BCUT2D eigenvalue weighted by molar-refractivity contribution is 9.10. The van der Waals surface area contributed by atoms with Gasteiger partial charge in [-0.15, -0.1) is 0 Å². The van der Waals surface area contributed by atoms with E-state index >= 15 is 0 Å². The Labute approximate surface area is 148 Å². The monoisotopic (exact) mass is 385 g/mol. The van der Waals surface area contributed by atoms with Gasteiger partial charge in [0.05, 0.1) is 22.9 Å². The quantitative estimate of drug-likeness (QED) is 0.758. The third-order valence-electron chi connectivity index (χ3n) is 6.91. The van der Waals surface area contributed by atoms with Gasteiger partial charge < -0.3 is 4.98 Å². The first-order valence-electron chi connectivity index (χ1n) is 9.09. The molecule has 3 unspecified atom stereocenters. The first-order chi connectivity index (χ1) is 11.6. The van der Waals surface area contributed by atoms with Crippen LogP contribution < -0.4 is 5.69 Å². The van der Waals surface area contributed by atoms with Gasteiger partial charge >= 0.3 is 5.69 Å². The van der Waals surface area contributed by atoms with Gasteiger partial charge in [-0.25, -0.2) is 4.79 Å². The zero-order valence-electron chi connectivity index (χ0n) is 13.5. The molecule has 2 aromatic heterocycles. The van der Waals surface area contributed by atoms with Crippen molar-refractivity contribution >= 4 is 33.0 Å². The number of imidazole rings is 1. The van der Waals surface area contributed by atoms with Gasteiger partial charge in [0.1, 0.15) is 0 Å². The summed E-state index contributed by atoms with van der Waals surface area (Å²) in [7, 11) is 0. The van der Waals surface area contributed by atoms with E-state index in [2.05, 4.69) is 42.6 Å². The van der Waals surface area contributed by atoms with Crippen LogP contribution in [-0.2, 0) is 6.42 Å². The van der Waals surface area contributed by atoms with Crippen LogP contribution in [0.4, 0.5) is 0 Å². The van der Waals surface area contributed by atoms with Crippen molar-refractivity contribution in [3.63, 3.8) is 0 Å². The van der Waals surface area contributed by atoms with Gasteiger partial charge in [-0.2, -0.15) is 0 Å². The molecule has 124 valence electrons. The number of nitrogens with zero attached hydrogens (tertiary/aromatic N) is 2. The second kappa shape index (κ2) is 4.43. The average molecular weight is 386 g/mol. The molecule has 0 spiro atoms. The minimum atomic E-state index is 0.0570. The number of alkyl halides is 1. The first kappa shape index (κ1) is 13.9. The van der Waals surface area contributed by atoms with Crippen LogP contribution in [0.2, 0.25) is 0 Å². The number of allylic oxidation sites excluding steroid dienone is 1. The zero-order valence-corrected chi connectivity index (χ0v) is 15.1. The highest BCUT2D eigenvalue weighted by Gasteiger charge is 2.55. The number of fused-ring (bicyclic) bond motifs is 3. The molecule has 4 fully saturated rings. The largest absolute Gasteiger partial charge is 0.326 e. The summed E-state index contributed by atoms with van der Waals surface area (Å²) in [5.74, 6) is 2.11. The molecule has 7 rings (SSSR count). The van der Waals surface area contributed by atoms with E-state index in [4.69, 9.17) is 0 Å². The minimum absolute atomic E-state index is 0.0570. The lowest BCUT2D eigenvalue weighted by Crippen LogP contribution is -2.53. The lowest BCUT2D eigenvalue weighted by atomic mass is 9.54. The van der Waals surface area contributed by atoms with E-state index in [1.54, 1.807) is 0 Å². The van der Waals surface area contributed by atoms with Crippen LogP contribution in [0, 0.1) is 17.8 Å². The summed E-state index contributed by atoms with van der Waals surface area (Å²) in [5.41, 5.74) is 4.32. The van der Waals surface area contributed by atoms with Gasteiger partial charge in [-0.3, -0.25) is 9.55 Å². The Morgan fingerprint density at radius 3 is 2.79 bits per heavy atom. The predicted molar refractivity (Wildman–Crippen MR) is 97.3 cm³/mol. The molecule has 5 atom stereocenters. The van der Waals surface area contributed by atoms with Gasteiger partial charge in [0.15, 0.2) is 0 Å². The zero-order chi connectivity index (χ0) is 16.1. The number of hydrogen-bond acceptors (Lipinski definition) is 2. The van der Waals surface area contributed by atoms with Gasteiger partial charge in [0.2, 0.25) is 0 Å². The van der Waals surface area contributed by atoms with Crippen molar-refractivity contribution in [1.29, 1.82) is 0 Å². The normalized spacial score (nSPS) is 39.0.